The van der Waals surface area contributed by atoms with E-state index in [1.165, 1.54) is 0 Å². The first-order valence-corrected chi connectivity index (χ1v) is 17.2. The van der Waals surface area contributed by atoms with E-state index in [-0.39, 0.29) is 25.8 Å². The highest BCUT2D eigenvalue weighted by atomic mass is 35.5. The van der Waals surface area contributed by atoms with Gasteiger partial charge in [-0.05, 0) is 37.0 Å². The summed E-state index contributed by atoms with van der Waals surface area (Å²) in [6, 6.07) is 6.28. The first-order chi connectivity index (χ1) is 20.1. The Bertz CT molecular complexity index is 1140. The molecule has 16 nitrogen and oxygen atoms in total. The van der Waals surface area contributed by atoms with E-state index in [2.05, 4.69) is 21.3 Å². The van der Waals surface area contributed by atoms with Gasteiger partial charge in [0.05, 0.1) is 13.1 Å². The van der Waals surface area contributed by atoms with Crippen LogP contribution in [0.5, 0.6) is 0 Å². The van der Waals surface area contributed by atoms with Crippen molar-refractivity contribution in [3.63, 3.8) is 0 Å². The van der Waals surface area contributed by atoms with Crippen LogP contribution >= 0.6 is 38.4 Å². The molecular formula is C23H37Cl2N5O11P2. The Morgan fingerprint density at radius 3 is 1.93 bits per heavy atom. The molecule has 0 saturated carbocycles. The van der Waals surface area contributed by atoms with Crippen LogP contribution in [-0.2, 0) is 34.7 Å². The normalized spacial score (nSPS) is 12.6. The highest BCUT2D eigenvalue weighted by Gasteiger charge is 2.58. The van der Waals surface area contributed by atoms with Gasteiger partial charge < -0.3 is 50.8 Å². The summed E-state index contributed by atoms with van der Waals surface area (Å²) in [5, 5.41) is 15.7. The molecular weight excluding hydrogens is 655 g/mol. The van der Waals surface area contributed by atoms with Crippen molar-refractivity contribution in [3.05, 3.63) is 29.8 Å². The van der Waals surface area contributed by atoms with E-state index in [4.69, 9.17) is 42.8 Å². The number of nitrogens with zero attached hydrogens (tertiary/aromatic N) is 1. The molecule has 0 heterocycles. The number of hydrogen-bond acceptors (Lipinski definition) is 8. The predicted octanol–water partition coefficient (Wildman–Crippen LogP) is -0.852. The van der Waals surface area contributed by atoms with Crippen LogP contribution in [0.1, 0.15) is 24.8 Å². The molecule has 0 fully saturated rings. The van der Waals surface area contributed by atoms with Crippen LogP contribution in [0.15, 0.2) is 24.3 Å². The molecule has 1 atom stereocenters. The summed E-state index contributed by atoms with van der Waals surface area (Å²) in [6.45, 7) is 0.156. The molecule has 0 aromatic heterocycles. The van der Waals surface area contributed by atoms with Crippen LogP contribution in [-0.4, -0.2) is 104 Å². The lowest BCUT2D eigenvalue weighted by molar-refractivity contribution is -0.129. The summed E-state index contributed by atoms with van der Waals surface area (Å²) >= 11 is 11.7. The number of alkyl halides is 2. The molecule has 244 valence electrons. The Kier molecular flexibility index (Phi) is 16.7. The fourth-order valence-corrected chi connectivity index (χ4v) is 6.40. The maximum atomic E-state index is 12.6. The molecule has 0 saturated heterocycles. The second kappa shape index (κ2) is 18.5. The predicted molar refractivity (Wildman–Crippen MR) is 159 cm³/mol. The summed E-state index contributed by atoms with van der Waals surface area (Å²) in [5.41, 5.74) is 1.63. The first kappa shape index (κ1) is 38.8. The van der Waals surface area contributed by atoms with Gasteiger partial charge in [0.1, 0.15) is 6.04 Å². The van der Waals surface area contributed by atoms with E-state index >= 15 is 0 Å². The van der Waals surface area contributed by atoms with E-state index in [1.54, 1.807) is 12.1 Å². The van der Waals surface area contributed by atoms with Crippen molar-refractivity contribution >= 4 is 68.2 Å². The van der Waals surface area contributed by atoms with Gasteiger partial charge >= 0.3 is 15.2 Å². The minimum Gasteiger partial charge on any atom is -0.369 e. The minimum absolute atomic E-state index is 0.00496. The van der Waals surface area contributed by atoms with Crippen molar-refractivity contribution in [2.75, 3.05) is 49.4 Å². The second-order valence-corrected chi connectivity index (χ2v) is 14.0. The zero-order valence-corrected chi connectivity index (χ0v) is 26.3. The number of carbonyl (C=O) groups is 4. The van der Waals surface area contributed by atoms with E-state index in [0.717, 1.165) is 11.3 Å². The van der Waals surface area contributed by atoms with Gasteiger partial charge in [-0.15, -0.1) is 23.2 Å². The molecule has 9 N–H and O–H groups in total. The number of amides is 4. The van der Waals surface area contributed by atoms with Crippen molar-refractivity contribution in [3.8, 4) is 0 Å². The van der Waals surface area contributed by atoms with Gasteiger partial charge in [0.15, 0.2) is 0 Å². The number of carbonyl (C=O) groups excluding carboxylic acids is 4. The molecule has 1 rings (SSSR count). The molecule has 0 aliphatic carbocycles. The summed E-state index contributed by atoms with van der Waals surface area (Å²) < 4.78 is 22.7. The third-order valence-electron chi connectivity index (χ3n) is 6.10. The molecule has 0 bridgehead atoms. The minimum atomic E-state index is -5.55. The van der Waals surface area contributed by atoms with Gasteiger partial charge in [-0.2, -0.15) is 0 Å². The van der Waals surface area contributed by atoms with Crippen LogP contribution in [0, 0.1) is 0 Å². The molecule has 20 heteroatoms. The van der Waals surface area contributed by atoms with Gasteiger partial charge in [-0.3, -0.25) is 28.3 Å². The standard InChI is InChI=1S/C23H37Cl2N5O11P2/c24-8-11-30(12-9-25)18-5-3-17(4-6-18)13-19(29-16-31)22(34)28-15-21(33)27-14-20(32)26-10-2-1-7-23(35,42(36,37)38)43(39,40)41/h3-6,16,19,35H,1-2,7-15H2,(H,26,32)(H,27,33)(H,28,34)(H,29,31)(H2,36,37,38)(H2,39,40,41)/t19-/m0/s1. The van der Waals surface area contributed by atoms with Gasteiger partial charge in [-0.1, -0.05) is 12.1 Å². The fraction of sp³-hybridized carbons (Fsp3) is 0.565. The van der Waals surface area contributed by atoms with Crippen molar-refractivity contribution in [1.82, 2.24) is 21.3 Å². The largest absolute Gasteiger partial charge is 0.369 e. The van der Waals surface area contributed by atoms with Gasteiger partial charge in [0.2, 0.25) is 24.1 Å². The number of hydrogen-bond donors (Lipinski definition) is 9. The molecule has 1 aromatic carbocycles. The number of benzene rings is 1. The van der Waals surface area contributed by atoms with Gasteiger partial charge in [-0.25, -0.2) is 0 Å². The maximum Gasteiger partial charge on any atom is 0.369 e. The Morgan fingerprint density at radius 2 is 1.42 bits per heavy atom. The Hall–Kier alpha value is -2.26. The molecule has 1 aromatic rings. The smallest absolute Gasteiger partial charge is 0.369 e. The van der Waals surface area contributed by atoms with Crippen LogP contribution in [0.25, 0.3) is 0 Å². The number of anilines is 1. The van der Waals surface area contributed by atoms with Crippen LogP contribution in [0.2, 0.25) is 0 Å². The molecule has 0 radical (unpaired) electrons. The lowest BCUT2D eigenvalue weighted by atomic mass is 10.0. The molecule has 0 aliphatic heterocycles. The summed E-state index contributed by atoms with van der Waals surface area (Å²) in [4.78, 5) is 86.0. The van der Waals surface area contributed by atoms with Gasteiger partial charge in [0.25, 0.3) is 5.08 Å². The van der Waals surface area contributed by atoms with Crippen LogP contribution < -0.4 is 26.2 Å². The third-order valence-corrected chi connectivity index (χ3v) is 10.3. The van der Waals surface area contributed by atoms with E-state index in [1.807, 2.05) is 17.0 Å². The zero-order valence-electron chi connectivity index (χ0n) is 23.0. The number of halogens is 2. The van der Waals surface area contributed by atoms with Gasteiger partial charge in [0, 0.05) is 43.5 Å². The average Bonchev–Trinajstić information content (AvgIpc) is 2.93. The summed E-state index contributed by atoms with van der Waals surface area (Å²) in [7, 11) is -11.1. The third kappa shape index (κ3) is 13.1. The first-order valence-electron chi connectivity index (χ1n) is 12.9. The SMILES string of the molecule is O=CN[C@@H](Cc1ccc(N(CCCl)CCCl)cc1)C(=O)NCC(=O)NCC(=O)NCCCCC(O)(P(=O)(O)O)P(=O)(O)O. The Balaban J connectivity index is 2.47. The topological polar surface area (TPSA) is 255 Å². The summed E-state index contributed by atoms with van der Waals surface area (Å²) in [5.74, 6) is -1.15. The summed E-state index contributed by atoms with van der Waals surface area (Å²) in [6.07, 6.45) is -0.651. The number of unbranched alkanes of at least 4 members (excludes halogenated alkanes) is 1. The van der Waals surface area contributed by atoms with Crippen molar-refractivity contribution in [1.29, 1.82) is 0 Å². The Morgan fingerprint density at radius 1 is 0.884 bits per heavy atom. The average molecular weight is 692 g/mol. The quantitative estimate of drug-likeness (QED) is 0.0331. The lowest BCUT2D eigenvalue weighted by Crippen LogP contribution is -2.48. The van der Waals surface area contributed by atoms with E-state index in [0.29, 0.717) is 31.3 Å². The molecule has 43 heavy (non-hydrogen) atoms. The molecule has 0 spiro atoms. The van der Waals surface area contributed by atoms with Crippen molar-refractivity contribution in [2.45, 2.75) is 36.8 Å². The van der Waals surface area contributed by atoms with Crippen LogP contribution in [0.3, 0.4) is 0 Å². The number of rotatable bonds is 21. The van der Waals surface area contributed by atoms with Crippen LogP contribution in [0.4, 0.5) is 5.69 Å². The fourth-order valence-electron chi connectivity index (χ4n) is 3.73. The molecule has 4 amide bonds. The van der Waals surface area contributed by atoms with Crippen molar-refractivity contribution < 1.29 is 53.0 Å². The maximum absolute atomic E-state index is 12.6. The second-order valence-electron chi connectivity index (χ2n) is 9.24. The highest BCUT2D eigenvalue weighted by molar-refractivity contribution is 7.72. The highest BCUT2D eigenvalue weighted by Crippen LogP contribution is 2.69. The van der Waals surface area contributed by atoms with E-state index < -0.39 is 63.5 Å². The molecule has 0 aliphatic rings. The number of nitrogens with one attached hydrogen (secondary N) is 4. The van der Waals surface area contributed by atoms with E-state index in [9.17, 15) is 33.4 Å². The zero-order chi connectivity index (χ0) is 32.7. The number of aliphatic hydroxyl groups is 1. The Labute approximate surface area is 258 Å². The molecule has 0 unspecified atom stereocenters. The monoisotopic (exact) mass is 691 g/mol. The van der Waals surface area contributed by atoms with Crippen molar-refractivity contribution in [2.24, 2.45) is 0 Å². The lowest BCUT2D eigenvalue weighted by Gasteiger charge is -2.29.